The maximum atomic E-state index is 12.7. The number of aliphatic imine (C=N–C) groups is 2. The Balaban J connectivity index is 1.47. The molecule has 0 bridgehead atoms. The molecule has 5 rings (SSSR count). The average Bonchev–Trinajstić information content (AvgIpc) is 3.03. The second-order valence-electron chi connectivity index (χ2n) is 8.91. The van der Waals surface area contributed by atoms with Gasteiger partial charge in [-0.1, -0.05) is 25.5 Å². The van der Waals surface area contributed by atoms with Crippen LogP contribution < -0.4 is 11.2 Å². The third kappa shape index (κ3) is 4.30. The monoisotopic (exact) mass is 482 g/mol. The van der Waals surface area contributed by atoms with Crippen molar-refractivity contribution in [1.82, 2.24) is 9.88 Å². The highest BCUT2D eigenvalue weighted by molar-refractivity contribution is 6.05. The number of amidine groups is 1. The summed E-state index contributed by atoms with van der Waals surface area (Å²) in [4.78, 5) is 40.7. The number of nitrogens with two attached hydrogens (primary N) is 1. The molecular weight excluding hydrogens is 454 g/mol. The zero-order valence-electron chi connectivity index (χ0n) is 19.9. The number of benzene rings is 1. The number of hydrogen-bond donors (Lipinski definition) is 2. The van der Waals surface area contributed by atoms with Crippen molar-refractivity contribution in [1.29, 1.82) is 0 Å². The van der Waals surface area contributed by atoms with E-state index in [1.54, 1.807) is 49.1 Å². The smallest absolute Gasteiger partial charge is 0.264 e. The first-order chi connectivity index (χ1) is 17.5. The summed E-state index contributed by atoms with van der Waals surface area (Å²) in [5.41, 5.74) is 2.74. The van der Waals surface area contributed by atoms with Crippen LogP contribution in [0.4, 0.5) is 5.82 Å². The van der Waals surface area contributed by atoms with E-state index in [1.165, 1.54) is 6.08 Å². The van der Waals surface area contributed by atoms with Gasteiger partial charge in [0.15, 0.2) is 0 Å². The van der Waals surface area contributed by atoms with Gasteiger partial charge >= 0.3 is 0 Å². The van der Waals surface area contributed by atoms with Crippen molar-refractivity contribution < 1.29 is 14.2 Å². The molecular formula is C27H28N7O2+. The van der Waals surface area contributed by atoms with Gasteiger partial charge in [0.25, 0.3) is 11.7 Å². The van der Waals surface area contributed by atoms with Crippen molar-refractivity contribution >= 4 is 29.7 Å². The van der Waals surface area contributed by atoms with Gasteiger partial charge in [-0.25, -0.2) is 4.98 Å². The Morgan fingerprint density at radius 1 is 1.14 bits per heavy atom. The number of pyridine rings is 1. The van der Waals surface area contributed by atoms with Gasteiger partial charge in [0.1, 0.15) is 17.7 Å². The minimum Gasteiger partial charge on any atom is -0.330 e. The zero-order valence-corrected chi connectivity index (χ0v) is 19.9. The largest absolute Gasteiger partial charge is 0.330 e. The predicted octanol–water partition coefficient (Wildman–Crippen LogP) is 3.51. The summed E-state index contributed by atoms with van der Waals surface area (Å²) in [6, 6.07) is 12.3. The van der Waals surface area contributed by atoms with Crippen molar-refractivity contribution in [3.05, 3.63) is 96.2 Å². The molecule has 0 saturated carbocycles. The number of fused-ring (bicyclic) bond motifs is 1. The van der Waals surface area contributed by atoms with Gasteiger partial charge in [0.05, 0.1) is 24.0 Å². The summed E-state index contributed by atoms with van der Waals surface area (Å²) in [6.45, 7) is 4.34. The number of amides is 2. The Morgan fingerprint density at radius 2 is 1.97 bits per heavy atom. The highest BCUT2D eigenvalue weighted by Gasteiger charge is 2.47. The first-order valence-corrected chi connectivity index (χ1v) is 12.0. The van der Waals surface area contributed by atoms with Crippen molar-refractivity contribution in [3.8, 4) is 0 Å². The lowest BCUT2D eigenvalue weighted by atomic mass is 10.0. The third-order valence-electron chi connectivity index (χ3n) is 6.66. The van der Waals surface area contributed by atoms with Gasteiger partial charge in [0, 0.05) is 18.3 Å². The molecule has 9 heteroatoms. The molecule has 1 saturated heterocycles. The molecule has 36 heavy (non-hydrogen) atoms. The van der Waals surface area contributed by atoms with Crippen LogP contribution in [0.25, 0.3) is 0 Å². The molecule has 4 heterocycles. The van der Waals surface area contributed by atoms with E-state index >= 15 is 0 Å². The predicted molar refractivity (Wildman–Crippen MR) is 138 cm³/mol. The Hall–Kier alpha value is -4.21. The summed E-state index contributed by atoms with van der Waals surface area (Å²) >= 11 is 0. The van der Waals surface area contributed by atoms with Crippen molar-refractivity contribution in [2.75, 3.05) is 11.9 Å². The van der Waals surface area contributed by atoms with Gasteiger partial charge in [-0.15, -0.1) is 4.59 Å². The van der Waals surface area contributed by atoms with Crippen LogP contribution in [0.2, 0.25) is 0 Å². The standard InChI is InChI=1S/C27H27N7O2/c1-2-24(35)33-16-7-3-4-8-21(33)25-22-18-29-15-17-34(22,28)26(32-25)19-10-12-20(13-11-19)27(36)31-23-9-5-6-14-30-23/h2,5-6,9-15,17-18,21H,1,3-4,7-8,16,28H2/p+1. The summed E-state index contributed by atoms with van der Waals surface area (Å²) in [6.07, 6.45) is 11.9. The number of quaternary nitrogens is 1. The number of allylic oxidation sites excluding steroid dienone is 1. The molecule has 9 nitrogen and oxygen atoms in total. The zero-order chi connectivity index (χ0) is 25.1. The molecule has 182 valence electrons. The van der Waals surface area contributed by atoms with Crippen LogP contribution in [0, 0.1) is 0 Å². The first kappa shape index (κ1) is 23.5. The molecule has 3 aliphatic rings. The lowest BCUT2D eigenvalue weighted by Gasteiger charge is -2.30. The number of rotatable bonds is 5. The average molecular weight is 483 g/mol. The Labute approximate surface area is 209 Å². The van der Waals surface area contributed by atoms with Gasteiger partial charge in [-0.3, -0.25) is 14.6 Å². The molecule has 1 fully saturated rings. The Kier molecular flexibility index (Phi) is 6.41. The van der Waals surface area contributed by atoms with Gasteiger partial charge in [-0.2, -0.15) is 10.8 Å². The molecule has 2 aromatic rings. The maximum Gasteiger partial charge on any atom is 0.264 e. The Morgan fingerprint density at radius 3 is 2.72 bits per heavy atom. The van der Waals surface area contributed by atoms with Crippen LogP contribution in [0.5, 0.6) is 0 Å². The van der Waals surface area contributed by atoms with Gasteiger partial charge in [0.2, 0.25) is 11.6 Å². The molecule has 0 aliphatic carbocycles. The fourth-order valence-corrected chi connectivity index (χ4v) is 4.82. The Bertz CT molecular complexity index is 1310. The summed E-state index contributed by atoms with van der Waals surface area (Å²) in [5.74, 6) is 7.61. The highest BCUT2D eigenvalue weighted by Crippen LogP contribution is 2.36. The fourth-order valence-electron chi connectivity index (χ4n) is 4.82. The lowest BCUT2D eigenvalue weighted by molar-refractivity contribution is -0.750. The molecule has 2 amide bonds. The number of carbonyl (C=O) groups is 2. The number of nitrogens with zero attached hydrogens (tertiary/aromatic N) is 5. The van der Waals surface area contributed by atoms with Gasteiger partial charge < -0.3 is 10.2 Å². The second kappa shape index (κ2) is 9.80. The van der Waals surface area contributed by atoms with Crippen LogP contribution in [-0.2, 0) is 4.79 Å². The quantitative estimate of drug-likeness (QED) is 0.386. The molecule has 0 spiro atoms. The number of aromatic nitrogens is 1. The van der Waals surface area contributed by atoms with Crippen molar-refractivity contribution in [2.45, 2.75) is 31.7 Å². The lowest BCUT2D eigenvalue weighted by Crippen LogP contribution is -2.53. The van der Waals surface area contributed by atoms with E-state index in [0.29, 0.717) is 23.8 Å². The SMILES string of the molecule is C=CC(=O)N1CCCCCC1C1=C2C=NC=C[N+]2(N)C(c2ccc(C(=O)Nc3ccccn3)cc2)=N1. The number of hydrogen-bond acceptors (Lipinski definition) is 6. The summed E-state index contributed by atoms with van der Waals surface area (Å²) in [7, 11) is 0. The van der Waals surface area contributed by atoms with Crippen LogP contribution in [0.3, 0.4) is 0 Å². The number of nitrogens with one attached hydrogen (secondary N) is 1. The van der Waals surface area contributed by atoms with Gasteiger partial charge in [-0.05, 0) is 55.3 Å². The molecule has 2 unspecified atom stereocenters. The van der Waals surface area contributed by atoms with E-state index < -0.39 is 0 Å². The first-order valence-electron chi connectivity index (χ1n) is 12.0. The normalized spacial score (nSPS) is 23.1. The van der Waals surface area contributed by atoms with E-state index in [1.807, 2.05) is 23.1 Å². The molecule has 2 atom stereocenters. The number of anilines is 1. The van der Waals surface area contributed by atoms with Crippen LogP contribution in [-0.4, -0.2) is 50.9 Å². The molecule has 1 aromatic carbocycles. The van der Waals surface area contributed by atoms with Crippen LogP contribution >= 0.6 is 0 Å². The topological polar surface area (TPSA) is 113 Å². The third-order valence-corrected chi connectivity index (χ3v) is 6.66. The van der Waals surface area contributed by atoms with E-state index in [9.17, 15) is 9.59 Å². The number of carbonyl (C=O) groups excluding carboxylic acids is 2. The van der Waals surface area contributed by atoms with E-state index in [2.05, 4.69) is 21.9 Å². The van der Waals surface area contributed by atoms with Crippen LogP contribution in [0.15, 0.2) is 95.1 Å². The molecule has 3 aliphatic heterocycles. The molecule has 3 N–H and O–H groups in total. The minimum atomic E-state index is -0.258. The van der Waals surface area contributed by atoms with Crippen molar-refractivity contribution in [3.63, 3.8) is 0 Å². The molecule has 1 aromatic heterocycles. The van der Waals surface area contributed by atoms with Crippen molar-refractivity contribution in [2.24, 2.45) is 15.8 Å². The fraction of sp³-hybridized carbons (Fsp3) is 0.222. The van der Waals surface area contributed by atoms with E-state index in [0.717, 1.165) is 42.6 Å². The highest BCUT2D eigenvalue weighted by atomic mass is 16.2. The minimum absolute atomic E-state index is 0.111. The number of likely N-dealkylation sites (tertiary alicyclic amines) is 1. The summed E-state index contributed by atoms with van der Waals surface area (Å²) < 4.78 is -0.148. The van der Waals surface area contributed by atoms with Crippen LogP contribution in [0.1, 0.15) is 41.6 Å². The maximum absolute atomic E-state index is 12.7. The summed E-state index contributed by atoms with van der Waals surface area (Å²) in [5, 5.41) is 2.79. The molecule has 0 radical (unpaired) electrons. The van der Waals surface area contributed by atoms with E-state index in [-0.39, 0.29) is 22.4 Å². The van der Waals surface area contributed by atoms with E-state index in [4.69, 9.17) is 10.8 Å². The second-order valence-corrected chi connectivity index (χ2v) is 8.91.